The molecule has 1 atom stereocenters. The van der Waals surface area contributed by atoms with Crippen LogP contribution in [0.1, 0.15) is 6.42 Å². The van der Waals surface area contributed by atoms with E-state index in [4.69, 9.17) is 14.5 Å². The molecule has 1 N–H and O–H groups in total. The van der Waals surface area contributed by atoms with E-state index in [1.165, 1.54) is 6.26 Å². The van der Waals surface area contributed by atoms with Crippen LogP contribution in [0.25, 0.3) is 0 Å². The van der Waals surface area contributed by atoms with Crippen molar-refractivity contribution in [2.45, 2.75) is 12.5 Å². The van der Waals surface area contributed by atoms with Crippen molar-refractivity contribution in [2.75, 3.05) is 19.7 Å². The van der Waals surface area contributed by atoms with Crippen LogP contribution in [0.3, 0.4) is 0 Å². The minimum atomic E-state index is 0.0499. The topological polar surface area (TPSA) is 39.7 Å². The quantitative estimate of drug-likeness (QED) is 0.561. The Morgan fingerprint density at radius 1 is 1.60 bits per heavy atom. The number of nitrogens with one attached hydrogen (secondary N) is 1. The van der Waals surface area contributed by atoms with E-state index in [-0.39, 0.29) is 6.10 Å². The van der Waals surface area contributed by atoms with Crippen molar-refractivity contribution < 1.29 is 14.5 Å². The summed E-state index contributed by atoms with van der Waals surface area (Å²) < 4.78 is 5.65. The molecule has 2 aliphatic rings. The Morgan fingerprint density at radius 2 is 2.53 bits per heavy atom. The Kier molecular flexibility index (Phi) is 3.42. The van der Waals surface area contributed by atoms with Crippen LogP contribution in [0.15, 0.2) is 36.3 Å². The number of ether oxygens (including phenoxy) is 1. The Labute approximate surface area is 89.1 Å². The first-order valence-electron chi connectivity index (χ1n) is 5.08. The third kappa shape index (κ3) is 2.40. The SMILES string of the molecule is C=CCC1=C(C2CNCCO2)C=COO1. The fourth-order valence-electron chi connectivity index (χ4n) is 1.66. The first-order chi connectivity index (χ1) is 7.42. The Morgan fingerprint density at radius 3 is 3.27 bits per heavy atom. The highest BCUT2D eigenvalue weighted by Gasteiger charge is 2.23. The number of allylic oxidation sites excluding steroid dienone is 1. The second-order valence-corrected chi connectivity index (χ2v) is 3.42. The number of rotatable bonds is 3. The average Bonchev–Trinajstić information content (AvgIpc) is 2.31. The zero-order valence-corrected chi connectivity index (χ0v) is 8.57. The van der Waals surface area contributed by atoms with Gasteiger partial charge in [-0.05, 0) is 6.08 Å². The molecule has 2 aliphatic heterocycles. The van der Waals surface area contributed by atoms with Crippen LogP contribution >= 0.6 is 0 Å². The van der Waals surface area contributed by atoms with E-state index in [1.807, 2.05) is 6.08 Å². The zero-order chi connectivity index (χ0) is 10.5. The lowest BCUT2D eigenvalue weighted by molar-refractivity contribution is -0.218. The van der Waals surface area contributed by atoms with Crippen LogP contribution in [0, 0.1) is 0 Å². The van der Waals surface area contributed by atoms with Gasteiger partial charge in [0, 0.05) is 25.1 Å². The van der Waals surface area contributed by atoms with Crippen molar-refractivity contribution in [1.29, 1.82) is 0 Å². The van der Waals surface area contributed by atoms with Gasteiger partial charge in [0.2, 0.25) is 0 Å². The van der Waals surface area contributed by atoms with Gasteiger partial charge in [0.15, 0.2) is 5.76 Å². The minimum absolute atomic E-state index is 0.0499. The maximum atomic E-state index is 5.65. The van der Waals surface area contributed by atoms with Crippen molar-refractivity contribution in [1.82, 2.24) is 5.32 Å². The number of hydrogen-bond donors (Lipinski definition) is 1. The molecule has 2 rings (SSSR count). The van der Waals surface area contributed by atoms with Gasteiger partial charge in [0.1, 0.15) is 6.26 Å². The fourth-order valence-corrected chi connectivity index (χ4v) is 1.66. The van der Waals surface area contributed by atoms with E-state index in [2.05, 4.69) is 11.9 Å². The first kappa shape index (κ1) is 10.3. The highest BCUT2D eigenvalue weighted by atomic mass is 17.2. The molecule has 0 radical (unpaired) electrons. The van der Waals surface area contributed by atoms with Crippen LogP contribution in [-0.4, -0.2) is 25.8 Å². The lowest BCUT2D eigenvalue weighted by atomic mass is 10.1. The Bertz CT molecular complexity index is 290. The lowest BCUT2D eigenvalue weighted by Gasteiger charge is -2.27. The van der Waals surface area contributed by atoms with Gasteiger partial charge in [-0.3, -0.25) is 9.78 Å². The zero-order valence-electron chi connectivity index (χ0n) is 8.57. The van der Waals surface area contributed by atoms with Crippen molar-refractivity contribution in [3.63, 3.8) is 0 Å². The molecule has 0 amide bonds. The smallest absolute Gasteiger partial charge is 0.165 e. The number of morpholine rings is 1. The summed E-state index contributed by atoms with van der Waals surface area (Å²) in [6.07, 6.45) is 5.90. The molecule has 0 saturated carbocycles. The van der Waals surface area contributed by atoms with Gasteiger partial charge in [-0.15, -0.1) is 6.58 Å². The third-order valence-corrected chi connectivity index (χ3v) is 2.38. The molecule has 1 fully saturated rings. The normalized spacial score (nSPS) is 25.7. The molecular formula is C11H15NO3. The molecule has 1 unspecified atom stereocenters. The van der Waals surface area contributed by atoms with E-state index in [1.54, 1.807) is 6.08 Å². The van der Waals surface area contributed by atoms with Gasteiger partial charge in [0.05, 0.1) is 12.7 Å². The first-order valence-corrected chi connectivity index (χ1v) is 5.08. The highest BCUT2D eigenvalue weighted by molar-refractivity contribution is 5.28. The molecule has 0 aromatic rings. The van der Waals surface area contributed by atoms with Crippen molar-refractivity contribution in [3.05, 3.63) is 36.3 Å². The molecule has 15 heavy (non-hydrogen) atoms. The molecule has 1 saturated heterocycles. The van der Waals surface area contributed by atoms with Gasteiger partial charge in [-0.1, -0.05) is 6.08 Å². The van der Waals surface area contributed by atoms with Gasteiger partial charge in [-0.25, -0.2) is 0 Å². The second kappa shape index (κ2) is 5.00. The van der Waals surface area contributed by atoms with Crippen LogP contribution in [0.4, 0.5) is 0 Å². The van der Waals surface area contributed by atoms with E-state index in [0.717, 1.165) is 31.0 Å². The monoisotopic (exact) mass is 209 g/mol. The molecule has 0 aliphatic carbocycles. The highest BCUT2D eigenvalue weighted by Crippen LogP contribution is 2.23. The second-order valence-electron chi connectivity index (χ2n) is 3.42. The molecule has 82 valence electrons. The van der Waals surface area contributed by atoms with Crippen molar-refractivity contribution >= 4 is 0 Å². The van der Waals surface area contributed by atoms with Crippen molar-refractivity contribution in [2.24, 2.45) is 0 Å². The van der Waals surface area contributed by atoms with Crippen LogP contribution < -0.4 is 5.32 Å². The summed E-state index contributed by atoms with van der Waals surface area (Å²) in [5.74, 6) is 0.779. The van der Waals surface area contributed by atoms with Gasteiger partial charge in [0.25, 0.3) is 0 Å². The fraction of sp³-hybridized carbons (Fsp3) is 0.455. The van der Waals surface area contributed by atoms with Crippen LogP contribution in [0.2, 0.25) is 0 Å². The maximum absolute atomic E-state index is 5.65. The van der Waals surface area contributed by atoms with E-state index < -0.39 is 0 Å². The average molecular weight is 209 g/mol. The van der Waals surface area contributed by atoms with Crippen LogP contribution in [-0.2, 0) is 14.5 Å². The Balaban J connectivity index is 2.13. The molecule has 4 heteroatoms. The largest absolute Gasteiger partial charge is 0.371 e. The van der Waals surface area contributed by atoms with E-state index in [9.17, 15) is 0 Å². The molecule has 4 nitrogen and oxygen atoms in total. The minimum Gasteiger partial charge on any atom is -0.371 e. The summed E-state index contributed by atoms with van der Waals surface area (Å²) in [5.41, 5.74) is 1.04. The Hall–Kier alpha value is -1.26. The lowest BCUT2D eigenvalue weighted by Crippen LogP contribution is -2.40. The summed E-state index contributed by atoms with van der Waals surface area (Å²) >= 11 is 0. The van der Waals surface area contributed by atoms with Gasteiger partial charge < -0.3 is 10.1 Å². The summed E-state index contributed by atoms with van der Waals surface area (Å²) in [6.45, 7) is 6.12. The summed E-state index contributed by atoms with van der Waals surface area (Å²) in [7, 11) is 0. The van der Waals surface area contributed by atoms with E-state index >= 15 is 0 Å². The molecule has 0 spiro atoms. The molecule has 0 bridgehead atoms. The number of hydrogen-bond acceptors (Lipinski definition) is 4. The molecule has 0 aromatic carbocycles. The standard InChI is InChI=1S/C11H15NO3/c1-2-3-10-9(4-6-14-15-10)11-8-12-5-7-13-11/h2,4,6,11-12H,1,3,5,7-8H2. The maximum Gasteiger partial charge on any atom is 0.165 e. The van der Waals surface area contributed by atoms with Crippen LogP contribution in [0.5, 0.6) is 0 Å². The molecule has 0 aromatic heterocycles. The third-order valence-electron chi connectivity index (χ3n) is 2.38. The summed E-state index contributed by atoms with van der Waals surface area (Å²) in [4.78, 5) is 9.89. The van der Waals surface area contributed by atoms with E-state index in [0.29, 0.717) is 6.42 Å². The predicted molar refractivity (Wildman–Crippen MR) is 55.8 cm³/mol. The van der Waals surface area contributed by atoms with Gasteiger partial charge >= 0.3 is 0 Å². The predicted octanol–water partition coefficient (Wildman–Crippen LogP) is 1.28. The summed E-state index contributed by atoms with van der Waals surface area (Å²) in [6, 6.07) is 0. The summed E-state index contributed by atoms with van der Waals surface area (Å²) in [5, 5.41) is 3.28. The molecule has 2 heterocycles. The van der Waals surface area contributed by atoms with Gasteiger partial charge in [-0.2, -0.15) is 0 Å². The molecular weight excluding hydrogens is 194 g/mol. The van der Waals surface area contributed by atoms with Crippen molar-refractivity contribution in [3.8, 4) is 0 Å².